The molecule has 1 aliphatic rings. The van der Waals surface area contributed by atoms with Gasteiger partial charge in [0.25, 0.3) is 0 Å². The van der Waals surface area contributed by atoms with E-state index >= 15 is 0 Å². The average molecular weight is 490 g/mol. The molecule has 1 aromatic heterocycles. The zero-order chi connectivity index (χ0) is 25.1. The molecule has 0 bridgehead atoms. The fraction of sp³-hybridized carbons (Fsp3) is 0.222. The standard InChI is InChI=1S/C27H27N3O4S/c1-15-9-11-18(12-10-15)21-14-35-27(30-21)29-20-8-6-7-19(13-20)24-22(25(31)33-4)16(2)28-17(3)23(24)26(32)34-5/h6-14,24,28H,1-5H3,(H,29,30). The van der Waals surface area contributed by atoms with E-state index in [9.17, 15) is 9.59 Å². The lowest BCUT2D eigenvalue weighted by atomic mass is 9.80. The molecule has 35 heavy (non-hydrogen) atoms. The van der Waals surface area contributed by atoms with Crippen LogP contribution >= 0.6 is 11.3 Å². The lowest BCUT2D eigenvalue weighted by Gasteiger charge is -2.30. The summed E-state index contributed by atoms with van der Waals surface area (Å²) < 4.78 is 10.1. The number of rotatable bonds is 6. The Kier molecular flexibility index (Phi) is 7.02. The van der Waals surface area contributed by atoms with Gasteiger partial charge in [0.2, 0.25) is 0 Å². The molecular formula is C27H27N3O4S. The molecular weight excluding hydrogens is 462 g/mol. The van der Waals surface area contributed by atoms with Crippen LogP contribution in [0.5, 0.6) is 0 Å². The van der Waals surface area contributed by atoms with Crippen molar-refractivity contribution >= 4 is 34.1 Å². The number of nitrogens with one attached hydrogen (secondary N) is 2. The second-order valence-electron chi connectivity index (χ2n) is 8.27. The van der Waals surface area contributed by atoms with Crippen LogP contribution in [0.3, 0.4) is 0 Å². The maximum absolute atomic E-state index is 12.7. The number of aromatic nitrogens is 1. The molecule has 180 valence electrons. The van der Waals surface area contributed by atoms with Crippen LogP contribution in [0.2, 0.25) is 0 Å². The predicted octanol–water partition coefficient (Wildman–Crippen LogP) is 5.44. The molecule has 0 aliphatic carbocycles. The molecule has 1 aliphatic heterocycles. The SMILES string of the molecule is COC(=O)C1=C(C)NC(C)=C(C(=O)OC)C1c1cccc(Nc2nc(-c3ccc(C)cc3)cs2)c1. The molecule has 0 saturated carbocycles. The molecule has 8 heteroatoms. The van der Waals surface area contributed by atoms with Gasteiger partial charge in [-0.05, 0) is 38.5 Å². The fourth-order valence-corrected chi connectivity index (χ4v) is 4.94. The third kappa shape index (κ3) is 4.97. The smallest absolute Gasteiger partial charge is 0.336 e. The summed E-state index contributed by atoms with van der Waals surface area (Å²) >= 11 is 1.50. The van der Waals surface area contributed by atoms with Crippen molar-refractivity contribution in [2.45, 2.75) is 26.7 Å². The lowest BCUT2D eigenvalue weighted by Crippen LogP contribution is -2.32. The summed E-state index contributed by atoms with van der Waals surface area (Å²) in [6, 6.07) is 15.8. The predicted molar refractivity (Wildman–Crippen MR) is 137 cm³/mol. The lowest BCUT2D eigenvalue weighted by molar-refractivity contribution is -0.137. The van der Waals surface area contributed by atoms with Crippen molar-refractivity contribution in [2.75, 3.05) is 19.5 Å². The molecule has 0 fully saturated rings. The first-order valence-electron chi connectivity index (χ1n) is 11.1. The summed E-state index contributed by atoms with van der Waals surface area (Å²) in [5.74, 6) is -1.65. The highest BCUT2D eigenvalue weighted by molar-refractivity contribution is 7.14. The van der Waals surface area contributed by atoms with Crippen molar-refractivity contribution in [1.29, 1.82) is 0 Å². The molecule has 0 amide bonds. The zero-order valence-electron chi connectivity index (χ0n) is 20.3. The number of benzene rings is 2. The Bertz CT molecular complexity index is 1300. The third-order valence-corrected chi connectivity index (χ3v) is 6.65. The van der Waals surface area contributed by atoms with Gasteiger partial charge in [-0.2, -0.15) is 0 Å². The number of ether oxygens (including phenoxy) is 2. The van der Waals surface area contributed by atoms with Gasteiger partial charge < -0.3 is 20.1 Å². The zero-order valence-corrected chi connectivity index (χ0v) is 21.1. The van der Waals surface area contributed by atoms with Gasteiger partial charge in [-0.1, -0.05) is 42.0 Å². The Balaban J connectivity index is 1.69. The van der Waals surface area contributed by atoms with Crippen molar-refractivity contribution in [1.82, 2.24) is 10.3 Å². The van der Waals surface area contributed by atoms with E-state index < -0.39 is 17.9 Å². The minimum atomic E-state index is -0.641. The van der Waals surface area contributed by atoms with Gasteiger partial charge in [0.15, 0.2) is 5.13 Å². The maximum Gasteiger partial charge on any atom is 0.336 e. The summed E-state index contributed by atoms with van der Waals surface area (Å²) in [7, 11) is 2.66. The Morgan fingerprint density at radius 3 is 2.17 bits per heavy atom. The second kappa shape index (κ2) is 10.1. The quantitative estimate of drug-likeness (QED) is 0.446. The van der Waals surface area contributed by atoms with Crippen LogP contribution in [0.4, 0.5) is 10.8 Å². The number of methoxy groups -OCH3 is 2. The van der Waals surface area contributed by atoms with Gasteiger partial charge in [-0.15, -0.1) is 11.3 Å². The number of aryl methyl sites for hydroxylation is 1. The van der Waals surface area contributed by atoms with Crippen LogP contribution in [-0.2, 0) is 19.1 Å². The van der Waals surface area contributed by atoms with Crippen LogP contribution < -0.4 is 10.6 Å². The van der Waals surface area contributed by atoms with Crippen molar-refractivity contribution in [3.8, 4) is 11.3 Å². The first kappa shape index (κ1) is 24.2. The Morgan fingerprint density at radius 1 is 0.943 bits per heavy atom. The summed E-state index contributed by atoms with van der Waals surface area (Å²) in [4.78, 5) is 30.2. The molecule has 4 rings (SSSR count). The number of dihydropyridines is 1. The van der Waals surface area contributed by atoms with Gasteiger partial charge >= 0.3 is 11.9 Å². The number of allylic oxidation sites excluding steroid dienone is 2. The van der Waals surface area contributed by atoms with Crippen LogP contribution in [0, 0.1) is 6.92 Å². The van der Waals surface area contributed by atoms with Crippen LogP contribution in [0.15, 0.2) is 76.5 Å². The first-order chi connectivity index (χ1) is 16.8. The van der Waals surface area contributed by atoms with Gasteiger partial charge in [0.05, 0.1) is 37.0 Å². The van der Waals surface area contributed by atoms with Crippen LogP contribution in [0.25, 0.3) is 11.3 Å². The first-order valence-corrected chi connectivity index (χ1v) is 11.9. The van der Waals surface area contributed by atoms with Crippen molar-refractivity contribution in [2.24, 2.45) is 0 Å². The average Bonchev–Trinajstić information content (AvgIpc) is 3.31. The van der Waals surface area contributed by atoms with Crippen molar-refractivity contribution in [3.05, 3.63) is 87.6 Å². The van der Waals surface area contributed by atoms with E-state index in [1.807, 2.05) is 29.6 Å². The van der Waals surface area contributed by atoms with Crippen LogP contribution in [-0.4, -0.2) is 31.1 Å². The molecule has 3 aromatic rings. The normalized spacial score (nSPS) is 14.0. The number of hydrogen-bond donors (Lipinski definition) is 2. The molecule has 0 radical (unpaired) electrons. The Hall–Kier alpha value is -3.91. The number of anilines is 2. The van der Waals surface area contributed by atoms with Crippen LogP contribution in [0.1, 0.15) is 30.9 Å². The van der Waals surface area contributed by atoms with E-state index in [2.05, 4.69) is 41.8 Å². The molecule has 0 atom stereocenters. The van der Waals surface area contributed by atoms with E-state index in [1.54, 1.807) is 13.8 Å². The number of nitrogens with zero attached hydrogens (tertiary/aromatic N) is 1. The number of esters is 2. The highest BCUT2D eigenvalue weighted by Crippen LogP contribution is 2.40. The molecule has 0 spiro atoms. The summed E-state index contributed by atoms with van der Waals surface area (Å²) in [5, 5.41) is 9.22. The number of carbonyl (C=O) groups excluding carboxylic acids is 2. The van der Waals surface area contributed by atoms with E-state index in [-0.39, 0.29) is 0 Å². The van der Waals surface area contributed by atoms with E-state index in [1.165, 1.54) is 31.1 Å². The minimum absolute atomic E-state index is 0.367. The molecule has 2 N–H and O–H groups in total. The topological polar surface area (TPSA) is 89.5 Å². The van der Waals surface area contributed by atoms with Gasteiger partial charge in [-0.25, -0.2) is 14.6 Å². The molecule has 7 nitrogen and oxygen atoms in total. The van der Waals surface area contributed by atoms with Crippen molar-refractivity contribution in [3.63, 3.8) is 0 Å². The largest absolute Gasteiger partial charge is 0.466 e. The van der Waals surface area contributed by atoms with Gasteiger partial charge in [-0.3, -0.25) is 0 Å². The maximum atomic E-state index is 12.7. The number of hydrogen-bond acceptors (Lipinski definition) is 8. The second-order valence-corrected chi connectivity index (χ2v) is 9.13. The Labute approximate surface area is 208 Å². The molecule has 0 saturated heterocycles. The minimum Gasteiger partial charge on any atom is -0.466 e. The van der Waals surface area contributed by atoms with E-state index in [4.69, 9.17) is 14.5 Å². The highest BCUT2D eigenvalue weighted by Gasteiger charge is 2.37. The molecule has 2 aromatic carbocycles. The summed E-state index contributed by atoms with van der Waals surface area (Å²) in [5.41, 5.74) is 6.68. The third-order valence-electron chi connectivity index (χ3n) is 5.89. The van der Waals surface area contributed by atoms with E-state index in [0.29, 0.717) is 22.5 Å². The van der Waals surface area contributed by atoms with E-state index in [0.717, 1.165) is 27.6 Å². The monoisotopic (exact) mass is 489 g/mol. The van der Waals surface area contributed by atoms with Gasteiger partial charge in [0, 0.05) is 28.0 Å². The van der Waals surface area contributed by atoms with Gasteiger partial charge in [0.1, 0.15) is 0 Å². The fourth-order valence-electron chi connectivity index (χ4n) is 4.20. The van der Waals surface area contributed by atoms with Crippen molar-refractivity contribution < 1.29 is 19.1 Å². The summed E-state index contributed by atoms with van der Waals surface area (Å²) in [6.45, 7) is 5.64. The summed E-state index contributed by atoms with van der Waals surface area (Å²) in [6.07, 6.45) is 0. The molecule has 0 unspecified atom stereocenters. The Morgan fingerprint density at radius 2 is 1.57 bits per heavy atom. The number of thiazole rings is 1. The number of carbonyl (C=O) groups is 2. The highest BCUT2D eigenvalue weighted by atomic mass is 32.1. The molecule has 2 heterocycles.